The quantitative estimate of drug-likeness (QED) is 0.734. The van der Waals surface area contributed by atoms with Gasteiger partial charge in [-0.15, -0.1) is 0 Å². The maximum Gasteiger partial charge on any atom is 0.243 e. The van der Waals surface area contributed by atoms with Crippen molar-refractivity contribution in [1.29, 1.82) is 0 Å². The van der Waals surface area contributed by atoms with Gasteiger partial charge < -0.3 is 20.1 Å². The number of methoxy groups -OCH3 is 1. The lowest BCUT2D eigenvalue weighted by atomic mass is 10.2. The third-order valence-corrected chi connectivity index (χ3v) is 4.52. The number of aliphatic hydroxyl groups is 1. The average molecular weight is 377 g/mol. The molecule has 2 N–H and O–H groups in total. The van der Waals surface area contributed by atoms with Crippen LogP contribution < -0.4 is 15.0 Å². The minimum absolute atomic E-state index is 0.117. The molecule has 0 saturated heterocycles. The van der Waals surface area contributed by atoms with Crippen molar-refractivity contribution in [3.63, 3.8) is 0 Å². The SMILES string of the molecule is CCC(O)CN(CC(=O)Nc1cc(C)c(Cl)cc1OC)c1ccccc1. The summed E-state index contributed by atoms with van der Waals surface area (Å²) in [6.45, 7) is 4.27. The molecule has 6 heteroatoms. The molecule has 0 saturated carbocycles. The van der Waals surface area contributed by atoms with Crippen molar-refractivity contribution in [1.82, 2.24) is 0 Å². The zero-order valence-corrected chi connectivity index (χ0v) is 16.1. The topological polar surface area (TPSA) is 61.8 Å². The van der Waals surface area contributed by atoms with Gasteiger partial charge in [-0.3, -0.25) is 4.79 Å². The van der Waals surface area contributed by atoms with Crippen molar-refractivity contribution < 1.29 is 14.6 Å². The molecule has 0 heterocycles. The van der Waals surface area contributed by atoms with Gasteiger partial charge in [-0.1, -0.05) is 36.7 Å². The van der Waals surface area contributed by atoms with E-state index in [2.05, 4.69) is 5.32 Å². The summed E-state index contributed by atoms with van der Waals surface area (Å²) >= 11 is 6.11. The molecule has 0 aliphatic heterocycles. The molecule has 0 bridgehead atoms. The number of carbonyl (C=O) groups excluding carboxylic acids is 1. The molecule has 0 aliphatic rings. The number of nitrogens with one attached hydrogen (secondary N) is 1. The fourth-order valence-corrected chi connectivity index (χ4v) is 2.73. The maximum absolute atomic E-state index is 12.6. The Hall–Kier alpha value is -2.24. The molecule has 2 aromatic carbocycles. The van der Waals surface area contributed by atoms with Crippen LogP contribution in [-0.2, 0) is 4.79 Å². The van der Waals surface area contributed by atoms with E-state index in [-0.39, 0.29) is 12.5 Å². The van der Waals surface area contributed by atoms with Crippen LogP contribution in [0.1, 0.15) is 18.9 Å². The number of benzene rings is 2. The van der Waals surface area contributed by atoms with Crippen LogP contribution >= 0.6 is 11.6 Å². The van der Waals surface area contributed by atoms with Gasteiger partial charge in [0.1, 0.15) is 5.75 Å². The van der Waals surface area contributed by atoms with Crippen molar-refractivity contribution >= 4 is 28.9 Å². The third kappa shape index (κ3) is 5.38. The zero-order valence-electron chi connectivity index (χ0n) is 15.3. The average Bonchev–Trinajstić information content (AvgIpc) is 2.64. The monoisotopic (exact) mass is 376 g/mol. The lowest BCUT2D eigenvalue weighted by molar-refractivity contribution is -0.115. The summed E-state index contributed by atoms with van der Waals surface area (Å²) < 4.78 is 5.30. The Morgan fingerprint density at radius 1 is 1.31 bits per heavy atom. The molecular weight excluding hydrogens is 352 g/mol. The van der Waals surface area contributed by atoms with Gasteiger partial charge in [0.05, 0.1) is 25.4 Å². The standard InChI is InChI=1S/C20H25ClN2O3/c1-4-16(24)12-23(15-8-6-5-7-9-15)13-20(25)22-18-10-14(2)17(21)11-19(18)26-3/h5-11,16,24H,4,12-13H2,1-3H3,(H,22,25). The Labute approximate surface area is 159 Å². The Kier molecular flexibility index (Phi) is 7.30. The van der Waals surface area contributed by atoms with Gasteiger partial charge in [0, 0.05) is 23.3 Å². The molecule has 0 fully saturated rings. The summed E-state index contributed by atoms with van der Waals surface area (Å²) in [5, 5.41) is 13.5. The van der Waals surface area contributed by atoms with Crippen LogP contribution in [0.2, 0.25) is 5.02 Å². The van der Waals surface area contributed by atoms with E-state index in [1.165, 1.54) is 7.11 Å². The Bertz CT molecular complexity index is 737. The molecule has 0 spiro atoms. The van der Waals surface area contributed by atoms with Gasteiger partial charge in [0.25, 0.3) is 0 Å². The van der Waals surface area contributed by atoms with Gasteiger partial charge in [0.15, 0.2) is 0 Å². The highest BCUT2D eigenvalue weighted by Crippen LogP contribution is 2.31. The summed E-state index contributed by atoms with van der Waals surface area (Å²) in [5.41, 5.74) is 2.31. The van der Waals surface area contributed by atoms with Crippen LogP contribution in [0.4, 0.5) is 11.4 Å². The number of aryl methyl sites for hydroxylation is 1. The van der Waals surface area contributed by atoms with E-state index in [1.807, 2.05) is 49.1 Å². The first-order chi connectivity index (χ1) is 12.4. The number of hydrogen-bond donors (Lipinski definition) is 2. The predicted octanol–water partition coefficient (Wildman–Crippen LogP) is 3.87. The van der Waals surface area contributed by atoms with E-state index >= 15 is 0 Å². The second kappa shape index (κ2) is 9.46. The number of carbonyl (C=O) groups is 1. The Balaban J connectivity index is 2.16. The highest BCUT2D eigenvalue weighted by Gasteiger charge is 2.17. The largest absolute Gasteiger partial charge is 0.495 e. The van der Waals surface area contributed by atoms with E-state index in [9.17, 15) is 9.90 Å². The molecule has 5 nitrogen and oxygen atoms in total. The number of nitrogens with zero attached hydrogens (tertiary/aromatic N) is 1. The van der Waals surface area contributed by atoms with Crippen LogP contribution in [0.3, 0.4) is 0 Å². The molecule has 0 radical (unpaired) electrons. The molecule has 2 rings (SSSR count). The van der Waals surface area contributed by atoms with Gasteiger partial charge in [-0.05, 0) is 37.1 Å². The minimum atomic E-state index is -0.504. The molecule has 26 heavy (non-hydrogen) atoms. The van der Waals surface area contributed by atoms with Gasteiger partial charge in [-0.25, -0.2) is 0 Å². The van der Waals surface area contributed by atoms with E-state index in [4.69, 9.17) is 16.3 Å². The summed E-state index contributed by atoms with van der Waals surface area (Å²) in [7, 11) is 1.53. The van der Waals surface area contributed by atoms with Gasteiger partial charge >= 0.3 is 0 Å². The van der Waals surface area contributed by atoms with Crippen LogP contribution in [0, 0.1) is 6.92 Å². The predicted molar refractivity (Wildman–Crippen MR) is 106 cm³/mol. The van der Waals surface area contributed by atoms with Crippen LogP contribution in [0.25, 0.3) is 0 Å². The van der Waals surface area contributed by atoms with Crippen LogP contribution in [-0.4, -0.2) is 37.3 Å². The Morgan fingerprint density at radius 3 is 2.62 bits per heavy atom. The minimum Gasteiger partial charge on any atom is -0.495 e. The van der Waals surface area contributed by atoms with Crippen molar-refractivity contribution in [2.24, 2.45) is 0 Å². The number of rotatable bonds is 8. The third-order valence-electron chi connectivity index (χ3n) is 4.11. The number of anilines is 2. The number of ether oxygens (including phenoxy) is 1. The molecular formula is C20H25ClN2O3. The smallest absolute Gasteiger partial charge is 0.243 e. The number of halogens is 1. The Morgan fingerprint density at radius 2 is 2.00 bits per heavy atom. The maximum atomic E-state index is 12.6. The summed E-state index contributed by atoms with van der Waals surface area (Å²) in [5.74, 6) is 0.311. The molecule has 0 aliphatic carbocycles. The lowest BCUT2D eigenvalue weighted by Gasteiger charge is -2.26. The normalized spacial score (nSPS) is 11.7. The second-order valence-corrected chi connectivity index (χ2v) is 6.54. The molecule has 140 valence electrons. The molecule has 1 atom stereocenters. The van der Waals surface area contributed by atoms with E-state index in [1.54, 1.807) is 12.1 Å². The molecule has 1 unspecified atom stereocenters. The first-order valence-corrected chi connectivity index (χ1v) is 8.94. The second-order valence-electron chi connectivity index (χ2n) is 6.13. The van der Waals surface area contributed by atoms with Crippen molar-refractivity contribution in [2.75, 3.05) is 30.4 Å². The van der Waals surface area contributed by atoms with E-state index < -0.39 is 6.10 Å². The lowest BCUT2D eigenvalue weighted by Crippen LogP contribution is -2.38. The number of para-hydroxylation sites is 1. The van der Waals surface area contributed by atoms with Gasteiger partial charge in [-0.2, -0.15) is 0 Å². The van der Waals surface area contributed by atoms with E-state index in [0.717, 1.165) is 11.3 Å². The van der Waals surface area contributed by atoms with Crippen molar-refractivity contribution in [3.05, 3.63) is 53.1 Å². The fraction of sp³-hybridized carbons (Fsp3) is 0.350. The fourth-order valence-electron chi connectivity index (χ4n) is 2.58. The summed E-state index contributed by atoms with van der Waals surface area (Å²) in [6.07, 6.45) is 0.116. The van der Waals surface area contributed by atoms with Crippen LogP contribution in [0.15, 0.2) is 42.5 Å². The first-order valence-electron chi connectivity index (χ1n) is 8.56. The van der Waals surface area contributed by atoms with Crippen molar-refractivity contribution in [3.8, 4) is 5.75 Å². The highest BCUT2D eigenvalue weighted by molar-refractivity contribution is 6.31. The molecule has 1 amide bonds. The molecule has 0 aromatic heterocycles. The van der Waals surface area contributed by atoms with Crippen LogP contribution in [0.5, 0.6) is 5.75 Å². The number of amides is 1. The molecule has 2 aromatic rings. The highest BCUT2D eigenvalue weighted by atomic mass is 35.5. The van der Waals surface area contributed by atoms with Crippen molar-refractivity contribution in [2.45, 2.75) is 26.4 Å². The van der Waals surface area contributed by atoms with E-state index in [0.29, 0.717) is 29.4 Å². The van der Waals surface area contributed by atoms with Gasteiger partial charge in [0.2, 0.25) is 5.91 Å². The first kappa shape index (κ1) is 20.1. The number of aliphatic hydroxyl groups excluding tert-OH is 1. The number of hydrogen-bond acceptors (Lipinski definition) is 4. The zero-order chi connectivity index (χ0) is 19.1. The summed E-state index contributed by atoms with van der Waals surface area (Å²) in [6, 6.07) is 13.0. The summed E-state index contributed by atoms with van der Waals surface area (Å²) in [4.78, 5) is 14.5.